The lowest BCUT2D eigenvalue weighted by Gasteiger charge is -2.16. The average Bonchev–Trinajstić information content (AvgIpc) is 2.74. The van der Waals surface area contributed by atoms with Crippen molar-refractivity contribution in [3.05, 3.63) is 0 Å². The van der Waals surface area contributed by atoms with Gasteiger partial charge < -0.3 is 15.4 Å². The molecule has 0 aromatic carbocycles. The van der Waals surface area contributed by atoms with Crippen LogP contribution < -0.4 is 10.6 Å². The van der Waals surface area contributed by atoms with Crippen LogP contribution in [0.4, 0.5) is 0 Å². The largest absolute Gasteiger partial charge is 0.376 e. The maximum atomic E-state index is 5.95. The lowest BCUT2D eigenvalue weighted by atomic mass is 10.1. The molecular weight excluding hydrogens is 397 g/mol. The van der Waals surface area contributed by atoms with Gasteiger partial charge in [-0.3, -0.25) is 4.99 Å². The zero-order valence-electron chi connectivity index (χ0n) is 13.5. The Morgan fingerprint density at radius 1 is 1.14 bits per heavy atom. The summed E-state index contributed by atoms with van der Waals surface area (Å²) >= 11 is 1.88. The number of aliphatic imine (C=N–C) groups is 1. The number of guanidine groups is 1. The first-order chi connectivity index (χ1) is 9.86. The van der Waals surface area contributed by atoms with Gasteiger partial charge in [-0.05, 0) is 31.3 Å². The van der Waals surface area contributed by atoms with Gasteiger partial charge in [-0.2, -0.15) is 11.8 Å². The van der Waals surface area contributed by atoms with Gasteiger partial charge in [-0.25, -0.2) is 0 Å². The van der Waals surface area contributed by atoms with Crippen molar-refractivity contribution in [1.29, 1.82) is 0 Å². The molecule has 0 bridgehead atoms. The third kappa shape index (κ3) is 11.5. The Labute approximate surface area is 151 Å². The Hall–Kier alpha value is 0.310. The molecule has 1 rings (SSSR count). The fraction of sp³-hybridized carbons (Fsp3) is 0.933. The molecule has 0 aromatic heterocycles. The molecule has 0 saturated heterocycles. The number of halogens is 1. The van der Waals surface area contributed by atoms with Crippen molar-refractivity contribution in [2.24, 2.45) is 4.99 Å². The van der Waals surface area contributed by atoms with Crippen molar-refractivity contribution in [3.63, 3.8) is 0 Å². The quantitative estimate of drug-likeness (QED) is 0.204. The monoisotopic (exact) mass is 429 g/mol. The molecule has 1 aliphatic rings. The van der Waals surface area contributed by atoms with Crippen molar-refractivity contribution in [3.8, 4) is 0 Å². The molecular formula is C15H32IN3OS. The summed E-state index contributed by atoms with van der Waals surface area (Å²) < 4.78 is 5.95. The van der Waals surface area contributed by atoms with Crippen LogP contribution in [-0.2, 0) is 4.74 Å². The Morgan fingerprint density at radius 2 is 1.81 bits per heavy atom. The summed E-state index contributed by atoms with van der Waals surface area (Å²) in [5, 5.41) is 6.63. The van der Waals surface area contributed by atoms with Crippen molar-refractivity contribution in [2.75, 3.05) is 38.8 Å². The lowest BCUT2D eigenvalue weighted by Crippen LogP contribution is -2.39. The van der Waals surface area contributed by atoms with Gasteiger partial charge in [0.25, 0.3) is 0 Å². The molecule has 21 heavy (non-hydrogen) atoms. The number of nitrogens with one attached hydrogen (secondary N) is 2. The van der Waals surface area contributed by atoms with E-state index in [0.29, 0.717) is 6.10 Å². The SMILES string of the molecule is CN=C(NCCCSC)NCCOC1CCCCCC1.I. The minimum absolute atomic E-state index is 0. The molecule has 1 fully saturated rings. The topological polar surface area (TPSA) is 45.7 Å². The highest BCUT2D eigenvalue weighted by Crippen LogP contribution is 2.19. The van der Waals surface area contributed by atoms with Gasteiger partial charge in [-0.1, -0.05) is 25.7 Å². The maximum absolute atomic E-state index is 5.95. The normalized spacial score (nSPS) is 17.0. The number of nitrogens with zero attached hydrogens (tertiary/aromatic N) is 1. The van der Waals surface area contributed by atoms with Gasteiger partial charge >= 0.3 is 0 Å². The minimum Gasteiger partial charge on any atom is -0.376 e. The summed E-state index contributed by atoms with van der Waals surface area (Å²) in [7, 11) is 1.82. The van der Waals surface area contributed by atoms with Crippen molar-refractivity contribution < 1.29 is 4.74 Å². The average molecular weight is 429 g/mol. The van der Waals surface area contributed by atoms with Crippen LogP contribution in [-0.4, -0.2) is 50.8 Å². The van der Waals surface area contributed by atoms with Crippen LogP contribution in [0.5, 0.6) is 0 Å². The highest BCUT2D eigenvalue weighted by atomic mass is 127. The lowest BCUT2D eigenvalue weighted by molar-refractivity contribution is 0.0468. The second kappa shape index (κ2) is 15.2. The van der Waals surface area contributed by atoms with Crippen LogP contribution in [0.25, 0.3) is 0 Å². The third-order valence-electron chi connectivity index (χ3n) is 3.59. The van der Waals surface area contributed by atoms with Crippen molar-refractivity contribution in [2.45, 2.75) is 51.0 Å². The van der Waals surface area contributed by atoms with Crippen LogP contribution in [0, 0.1) is 0 Å². The van der Waals surface area contributed by atoms with Crippen LogP contribution in [0.3, 0.4) is 0 Å². The number of hydrogen-bond donors (Lipinski definition) is 2. The zero-order chi connectivity index (χ0) is 14.5. The number of rotatable bonds is 8. The summed E-state index contributed by atoms with van der Waals surface area (Å²) in [6, 6.07) is 0. The molecule has 0 radical (unpaired) electrons. The van der Waals surface area contributed by atoms with Crippen LogP contribution >= 0.6 is 35.7 Å². The first kappa shape index (κ1) is 21.3. The summed E-state index contributed by atoms with van der Waals surface area (Å²) in [6.45, 7) is 2.58. The summed E-state index contributed by atoms with van der Waals surface area (Å²) in [6.07, 6.45) is 11.7. The molecule has 1 aliphatic carbocycles. The number of hydrogen-bond acceptors (Lipinski definition) is 3. The first-order valence-electron chi connectivity index (χ1n) is 7.92. The molecule has 0 heterocycles. The Bertz CT molecular complexity index is 259. The highest BCUT2D eigenvalue weighted by molar-refractivity contribution is 14.0. The minimum atomic E-state index is 0. The number of ether oxygens (including phenoxy) is 1. The predicted molar refractivity (Wildman–Crippen MR) is 105 cm³/mol. The molecule has 126 valence electrons. The number of thioether (sulfide) groups is 1. The molecule has 0 unspecified atom stereocenters. The van der Waals surface area contributed by atoms with Gasteiger partial charge in [0.05, 0.1) is 12.7 Å². The Balaban J connectivity index is 0.00000400. The van der Waals surface area contributed by atoms with E-state index in [1.54, 1.807) is 0 Å². The maximum Gasteiger partial charge on any atom is 0.191 e. The fourth-order valence-corrected chi connectivity index (χ4v) is 2.88. The molecule has 0 aromatic rings. The van der Waals surface area contributed by atoms with Gasteiger partial charge in [0.15, 0.2) is 5.96 Å². The van der Waals surface area contributed by atoms with E-state index in [2.05, 4.69) is 21.9 Å². The third-order valence-corrected chi connectivity index (χ3v) is 4.29. The fourth-order valence-electron chi connectivity index (χ4n) is 2.45. The highest BCUT2D eigenvalue weighted by Gasteiger charge is 2.11. The second-order valence-electron chi connectivity index (χ2n) is 5.26. The van der Waals surface area contributed by atoms with E-state index in [9.17, 15) is 0 Å². The van der Waals surface area contributed by atoms with Crippen molar-refractivity contribution in [1.82, 2.24) is 10.6 Å². The summed E-state index contributed by atoms with van der Waals surface area (Å²) in [4.78, 5) is 4.22. The van der Waals surface area contributed by atoms with Crippen LogP contribution in [0.1, 0.15) is 44.9 Å². The second-order valence-corrected chi connectivity index (χ2v) is 6.24. The molecule has 4 nitrogen and oxygen atoms in total. The summed E-state index contributed by atoms with van der Waals surface area (Å²) in [5.41, 5.74) is 0. The van der Waals surface area contributed by atoms with Gasteiger partial charge in [0.1, 0.15) is 0 Å². The van der Waals surface area contributed by atoms with Crippen LogP contribution in [0.15, 0.2) is 4.99 Å². The van der Waals surface area contributed by atoms with Crippen molar-refractivity contribution >= 4 is 41.7 Å². The van der Waals surface area contributed by atoms with Crippen LogP contribution in [0.2, 0.25) is 0 Å². The molecule has 0 atom stereocenters. The Morgan fingerprint density at radius 3 is 2.43 bits per heavy atom. The summed E-state index contributed by atoms with van der Waals surface area (Å²) in [5.74, 6) is 2.07. The van der Waals surface area contributed by atoms with E-state index in [0.717, 1.165) is 25.7 Å². The molecule has 1 saturated carbocycles. The van der Waals surface area contributed by atoms with E-state index in [1.807, 2.05) is 18.8 Å². The zero-order valence-corrected chi connectivity index (χ0v) is 16.7. The molecule has 0 aliphatic heterocycles. The standard InChI is InChI=1S/C15H31N3OS.HI/c1-16-15(17-10-7-13-20-2)18-11-12-19-14-8-5-3-4-6-9-14;/h14H,3-13H2,1-2H3,(H2,16,17,18);1H. The predicted octanol–water partition coefficient (Wildman–Crippen LogP) is 3.26. The molecule has 6 heteroatoms. The molecule has 0 spiro atoms. The smallest absolute Gasteiger partial charge is 0.191 e. The Kier molecular flexibility index (Phi) is 15.4. The molecule has 0 amide bonds. The van der Waals surface area contributed by atoms with E-state index >= 15 is 0 Å². The van der Waals surface area contributed by atoms with Gasteiger partial charge in [0, 0.05) is 20.1 Å². The van der Waals surface area contributed by atoms with Gasteiger partial charge in [0.2, 0.25) is 0 Å². The van der Waals surface area contributed by atoms with Gasteiger partial charge in [-0.15, -0.1) is 24.0 Å². The van der Waals surface area contributed by atoms with E-state index < -0.39 is 0 Å². The van der Waals surface area contributed by atoms with E-state index in [4.69, 9.17) is 4.74 Å². The molecule has 2 N–H and O–H groups in total. The van der Waals surface area contributed by atoms with E-state index in [-0.39, 0.29) is 24.0 Å². The van der Waals surface area contributed by atoms with E-state index in [1.165, 1.54) is 50.7 Å². The first-order valence-corrected chi connectivity index (χ1v) is 9.31.